The number of ether oxygens (including phenoxy) is 2. The second-order valence-electron chi connectivity index (χ2n) is 5.11. The second-order valence-corrected chi connectivity index (χ2v) is 5.42. The Bertz CT molecular complexity index is 371. The van der Waals surface area contributed by atoms with E-state index in [2.05, 4.69) is 26.0 Å². The summed E-state index contributed by atoms with van der Waals surface area (Å²) in [4.78, 5) is 0. The lowest BCUT2D eigenvalue weighted by Gasteiger charge is -2.17. The highest BCUT2D eigenvalue weighted by Gasteiger charge is 2.12. The van der Waals surface area contributed by atoms with E-state index >= 15 is 0 Å². The van der Waals surface area contributed by atoms with Crippen LogP contribution in [0.2, 0.25) is 0 Å². The van der Waals surface area contributed by atoms with E-state index in [1.807, 2.05) is 19.9 Å². The van der Waals surface area contributed by atoms with E-state index in [1.54, 1.807) is 0 Å². The van der Waals surface area contributed by atoms with Crippen LogP contribution in [-0.4, -0.2) is 24.9 Å². The lowest BCUT2D eigenvalue weighted by atomic mass is 10.1. The summed E-state index contributed by atoms with van der Waals surface area (Å²) < 4.78 is 10.8. The first-order valence-electron chi connectivity index (χ1n) is 7.57. The number of halogens is 1. The van der Waals surface area contributed by atoms with Crippen LogP contribution in [-0.2, 0) is 9.47 Å². The maximum Gasteiger partial charge on any atom is 0.156 e. The summed E-state index contributed by atoms with van der Waals surface area (Å²) in [6.45, 7) is 8.52. The van der Waals surface area contributed by atoms with Crippen molar-refractivity contribution in [3.8, 4) is 6.07 Å². The lowest BCUT2D eigenvalue weighted by Crippen LogP contribution is -2.21. The van der Waals surface area contributed by atoms with E-state index in [0.717, 1.165) is 19.3 Å². The van der Waals surface area contributed by atoms with Crippen LogP contribution in [0.4, 0.5) is 0 Å². The van der Waals surface area contributed by atoms with E-state index in [0.29, 0.717) is 18.9 Å². The number of hydrogen-bond donors (Lipinski definition) is 0. The Hall–Kier alpha value is -0.820. The van der Waals surface area contributed by atoms with Crippen molar-refractivity contribution in [2.75, 3.05) is 12.5 Å². The van der Waals surface area contributed by atoms with Crippen LogP contribution in [0, 0.1) is 11.3 Å². The molecule has 0 aliphatic heterocycles. The number of allylic oxidation sites excluding steroid dienone is 4. The molecule has 0 N–H and O–H groups in total. The zero-order valence-electron chi connectivity index (χ0n) is 13.7. The van der Waals surface area contributed by atoms with Crippen molar-refractivity contribution < 1.29 is 9.47 Å². The third-order valence-corrected chi connectivity index (χ3v) is 3.31. The van der Waals surface area contributed by atoms with Crippen molar-refractivity contribution in [1.82, 2.24) is 0 Å². The fourth-order valence-corrected chi connectivity index (χ4v) is 2.17. The maximum absolute atomic E-state index is 9.09. The summed E-state index contributed by atoms with van der Waals surface area (Å²) in [6, 6.07) is 2.18. The third kappa shape index (κ3) is 11.5. The van der Waals surface area contributed by atoms with Gasteiger partial charge in [0.1, 0.15) is 6.10 Å². The molecule has 0 radical (unpaired) electrons. The summed E-state index contributed by atoms with van der Waals surface area (Å²) in [6.07, 6.45) is 7.15. The van der Waals surface area contributed by atoms with Crippen LogP contribution < -0.4 is 0 Å². The molecule has 0 aliphatic rings. The Morgan fingerprint density at radius 1 is 1.24 bits per heavy atom. The van der Waals surface area contributed by atoms with Crippen molar-refractivity contribution in [2.45, 2.75) is 65.8 Å². The van der Waals surface area contributed by atoms with Crippen LogP contribution in [0.1, 0.15) is 53.4 Å². The zero-order chi connectivity index (χ0) is 16.1. The fourth-order valence-electron chi connectivity index (χ4n) is 1.91. The van der Waals surface area contributed by atoms with Gasteiger partial charge in [0.05, 0.1) is 6.07 Å². The molecule has 0 aromatic carbocycles. The monoisotopic (exact) mass is 313 g/mol. The number of nitrogens with zero attached hydrogens (tertiary/aromatic N) is 1. The SMILES string of the molecule is CCOC(C)O[C@H](C#N)CC/C(C)=C/CC/C(C)=C/CCl. The predicted octanol–water partition coefficient (Wildman–Crippen LogP) is 4.97. The van der Waals surface area contributed by atoms with Crippen molar-refractivity contribution in [3.63, 3.8) is 0 Å². The Labute approximate surface area is 134 Å². The average molecular weight is 314 g/mol. The molecule has 0 aromatic rings. The first kappa shape index (κ1) is 20.2. The molecule has 0 fully saturated rings. The highest BCUT2D eigenvalue weighted by molar-refractivity contribution is 6.18. The minimum atomic E-state index is -0.409. The van der Waals surface area contributed by atoms with Crippen molar-refractivity contribution in [1.29, 1.82) is 5.26 Å². The molecule has 0 saturated heterocycles. The molecule has 0 spiro atoms. The molecular weight excluding hydrogens is 286 g/mol. The van der Waals surface area contributed by atoms with E-state index in [9.17, 15) is 0 Å². The van der Waals surface area contributed by atoms with Crippen LogP contribution in [0.15, 0.2) is 23.3 Å². The predicted molar refractivity (Wildman–Crippen MR) is 88.3 cm³/mol. The van der Waals surface area contributed by atoms with Gasteiger partial charge in [-0.25, -0.2) is 0 Å². The zero-order valence-corrected chi connectivity index (χ0v) is 14.4. The van der Waals surface area contributed by atoms with Crippen LogP contribution >= 0.6 is 11.6 Å². The molecule has 0 amide bonds. The highest BCUT2D eigenvalue weighted by Crippen LogP contribution is 2.14. The normalized spacial score (nSPS) is 15.6. The molecule has 3 nitrogen and oxygen atoms in total. The molecule has 0 rings (SSSR count). The highest BCUT2D eigenvalue weighted by atomic mass is 35.5. The van der Waals surface area contributed by atoms with Crippen molar-refractivity contribution in [3.05, 3.63) is 23.3 Å². The molecule has 0 saturated carbocycles. The first-order valence-corrected chi connectivity index (χ1v) is 8.10. The van der Waals surface area contributed by atoms with E-state index in [-0.39, 0.29) is 6.29 Å². The fraction of sp³-hybridized carbons (Fsp3) is 0.706. The Kier molecular flexibility index (Phi) is 12.4. The van der Waals surface area contributed by atoms with E-state index in [4.69, 9.17) is 26.3 Å². The van der Waals surface area contributed by atoms with Gasteiger partial charge in [0.15, 0.2) is 6.29 Å². The molecule has 120 valence electrons. The van der Waals surface area contributed by atoms with Gasteiger partial charge >= 0.3 is 0 Å². The lowest BCUT2D eigenvalue weighted by molar-refractivity contribution is -0.145. The van der Waals surface area contributed by atoms with Crippen molar-refractivity contribution in [2.24, 2.45) is 0 Å². The minimum absolute atomic E-state index is 0.327. The Morgan fingerprint density at radius 3 is 2.48 bits per heavy atom. The van der Waals surface area contributed by atoms with E-state index < -0.39 is 6.10 Å². The van der Waals surface area contributed by atoms with Gasteiger partial charge in [0.2, 0.25) is 0 Å². The summed E-state index contributed by atoms with van der Waals surface area (Å²) in [5.74, 6) is 0.577. The maximum atomic E-state index is 9.09. The largest absolute Gasteiger partial charge is 0.353 e. The number of hydrogen-bond acceptors (Lipinski definition) is 3. The minimum Gasteiger partial charge on any atom is -0.353 e. The molecular formula is C17H28ClNO2. The molecule has 0 aliphatic carbocycles. The third-order valence-electron chi connectivity index (χ3n) is 3.16. The quantitative estimate of drug-likeness (QED) is 0.307. The molecule has 0 aromatic heterocycles. The van der Waals surface area contributed by atoms with Gasteiger partial charge < -0.3 is 9.47 Å². The van der Waals surface area contributed by atoms with Gasteiger partial charge in [0.25, 0.3) is 0 Å². The molecule has 21 heavy (non-hydrogen) atoms. The van der Waals surface area contributed by atoms with Crippen LogP contribution in [0.25, 0.3) is 0 Å². The summed E-state index contributed by atoms with van der Waals surface area (Å²) in [7, 11) is 0. The standard InChI is InChI=1S/C17H28ClNO2/c1-5-20-16(4)21-17(13-19)10-9-14(2)7-6-8-15(3)11-12-18/h7,11,16-17H,5-6,8-10,12H2,1-4H3/b14-7+,15-11+/t16?,17-/m0/s1. The molecule has 2 atom stereocenters. The average Bonchev–Trinajstić information content (AvgIpc) is 2.44. The summed E-state index contributed by atoms with van der Waals surface area (Å²) in [5.41, 5.74) is 2.61. The molecule has 0 heterocycles. The summed E-state index contributed by atoms with van der Waals surface area (Å²) >= 11 is 5.66. The molecule has 4 heteroatoms. The smallest absolute Gasteiger partial charge is 0.156 e. The van der Waals surface area contributed by atoms with Crippen LogP contribution in [0.5, 0.6) is 0 Å². The first-order chi connectivity index (χ1) is 10.0. The molecule has 1 unspecified atom stereocenters. The van der Waals surface area contributed by atoms with Gasteiger partial charge in [0, 0.05) is 12.5 Å². The van der Waals surface area contributed by atoms with Gasteiger partial charge in [-0.05, 0) is 53.4 Å². The van der Waals surface area contributed by atoms with Gasteiger partial charge in [-0.15, -0.1) is 11.6 Å². The van der Waals surface area contributed by atoms with Gasteiger partial charge in [-0.3, -0.25) is 0 Å². The Morgan fingerprint density at radius 2 is 1.90 bits per heavy atom. The number of alkyl halides is 1. The number of rotatable bonds is 11. The van der Waals surface area contributed by atoms with Gasteiger partial charge in [-0.1, -0.05) is 23.3 Å². The Balaban J connectivity index is 4.06. The second kappa shape index (κ2) is 12.9. The molecule has 0 bridgehead atoms. The van der Waals surface area contributed by atoms with Gasteiger partial charge in [-0.2, -0.15) is 5.26 Å². The van der Waals surface area contributed by atoms with Crippen LogP contribution in [0.3, 0.4) is 0 Å². The van der Waals surface area contributed by atoms with Crippen molar-refractivity contribution >= 4 is 11.6 Å². The number of nitriles is 1. The topological polar surface area (TPSA) is 42.2 Å². The van der Waals surface area contributed by atoms with E-state index in [1.165, 1.54) is 11.1 Å². The summed E-state index contributed by atoms with van der Waals surface area (Å²) in [5, 5.41) is 9.09.